The van der Waals surface area contributed by atoms with Gasteiger partial charge in [0, 0.05) is 0 Å². The fraction of sp³-hybridized carbons (Fsp3) is 0.125. The van der Waals surface area contributed by atoms with Gasteiger partial charge in [0.05, 0.1) is 12.8 Å². The van der Waals surface area contributed by atoms with Gasteiger partial charge in [-0.05, 0) is 17.7 Å². The highest BCUT2D eigenvalue weighted by molar-refractivity contribution is 5.93. The molecule has 0 aliphatic carbocycles. The zero-order valence-electron chi connectivity index (χ0n) is 11.9. The van der Waals surface area contributed by atoms with Crippen LogP contribution < -0.4 is 15.4 Å². The summed E-state index contributed by atoms with van der Waals surface area (Å²) >= 11 is 0. The Morgan fingerprint density at radius 3 is 2.32 bits per heavy atom. The molecule has 0 fully saturated rings. The quantitative estimate of drug-likeness (QED) is 0.792. The Hall–Kier alpha value is -3.02. The lowest BCUT2D eigenvalue weighted by atomic mass is 10.1. The third-order valence-electron chi connectivity index (χ3n) is 3.01. The highest BCUT2D eigenvalue weighted by atomic mass is 16.5. The summed E-state index contributed by atoms with van der Waals surface area (Å²) in [6.07, 6.45) is 0. The van der Waals surface area contributed by atoms with Crippen molar-refractivity contribution in [2.75, 3.05) is 12.4 Å². The maximum Gasteiger partial charge on any atom is 0.330 e. The lowest BCUT2D eigenvalue weighted by Crippen LogP contribution is -2.36. The van der Waals surface area contributed by atoms with Crippen LogP contribution >= 0.6 is 0 Å². The fourth-order valence-electron chi connectivity index (χ4n) is 1.97. The van der Waals surface area contributed by atoms with Gasteiger partial charge < -0.3 is 20.5 Å². The van der Waals surface area contributed by atoms with E-state index in [4.69, 9.17) is 4.74 Å². The number of nitrogens with one attached hydrogen (secondary N) is 2. The van der Waals surface area contributed by atoms with Crippen molar-refractivity contribution in [2.24, 2.45) is 0 Å². The van der Waals surface area contributed by atoms with Gasteiger partial charge in [-0.2, -0.15) is 0 Å². The van der Waals surface area contributed by atoms with Crippen LogP contribution in [-0.2, 0) is 4.79 Å². The number of urea groups is 1. The molecule has 6 heteroatoms. The second-order valence-electron chi connectivity index (χ2n) is 4.48. The molecule has 114 valence electrons. The number of carbonyl (C=O) groups is 2. The van der Waals surface area contributed by atoms with Crippen LogP contribution in [0, 0.1) is 0 Å². The number of ether oxygens (including phenoxy) is 1. The van der Waals surface area contributed by atoms with Crippen molar-refractivity contribution in [3.63, 3.8) is 0 Å². The molecular formula is C16H16N2O4. The van der Waals surface area contributed by atoms with Crippen molar-refractivity contribution in [1.82, 2.24) is 5.32 Å². The Morgan fingerprint density at radius 2 is 1.68 bits per heavy atom. The largest absolute Gasteiger partial charge is 0.495 e. The van der Waals surface area contributed by atoms with Crippen LogP contribution in [0.3, 0.4) is 0 Å². The highest BCUT2D eigenvalue weighted by Gasteiger charge is 2.22. The lowest BCUT2D eigenvalue weighted by molar-refractivity contribution is -0.139. The molecule has 0 aliphatic heterocycles. The SMILES string of the molecule is COc1ccccc1NC(=O)NC(C(=O)O)c1ccccc1. The Kier molecular flexibility index (Phi) is 4.98. The van der Waals surface area contributed by atoms with Gasteiger partial charge in [-0.3, -0.25) is 0 Å². The maximum atomic E-state index is 12.0. The van der Waals surface area contributed by atoms with E-state index < -0.39 is 18.0 Å². The number of methoxy groups -OCH3 is 1. The molecule has 1 atom stereocenters. The van der Waals surface area contributed by atoms with Gasteiger partial charge in [0.2, 0.25) is 0 Å². The van der Waals surface area contributed by atoms with E-state index >= 15 is 0 Å². The number of aliphatic carboxylic acids is 1. The molecule has 0 aliphatic rings. The van der Waals surface area contributed by atoms with Crippen LogP contribution in [0.15, 0.2) is 54.6 Å². The summed E-state index contributed by atoms with van der Waals surface area (Å²) in [6.45, 7) is 0. The summed E-state index contributed by atoms with van der Waals surface area (Å²) in [4.78, 5) is 23.4. The van der Waals surface area contributed by atoms with Gasteiger partial charge in [-0.1, -0.05) is 42.5 Å². The number of hydrogen-bond donors (Lipinski definition) is 3. The number of rotatable bonds is 5. The molecule has 0 spiro atoms. The van der Waals surface area contributed by atoms with Gasteiger partial charge in [0.15, 0.2) is 6.04 Å². The second-order valence-corrected chi connectivity index (χ2v) is 4.48. The summed E-state index contributed by atoms with van der Waals surface area (Å²) in [6, 6.07) is 13.6. The Labute approximate surface area is 127 Å². The smallest absolute Gasteiger partial charge is 0.330 e. The minimum absolute atomic E-state index is 0.458. The molecule has 0 aromatic heterocycles. The summed E-state index contributed by atoms with van der Waals surface area (Å²) in [5, 5.41) is 14.3. The average Bonchev–Trinajstić information content (AvgIpc) is 2.53. The molecule has 0 heterocycles. The molecule has 3 N–H and O–H groups in total. The third-order valence-corrected chi connectivity index (χ3v) is 3.01. The predicted molar refractivity (Wildman–Crippen MR) is 82.0 cm³/mol. The minimum atomic E-state index is -1.14. The van der Waals surface area contributed by atoms with Gasteiger partial charge in [-0.15, -0.1) is 0 Å². The highest BCUT2D eigenvalue weighted by Crippen LogP contribution is 2.23. The summed E-state index contributed by atoms with van der Waals surface area (Å²) < 4.78 is 5.12. The Bertz CT molecular complexity index is 658. The number of carboxylic acids is 1. The zero-order chi connectivity index (χ0) is 15.9. The summed E-state index contributed by atoms with van der Waals surface area (Å²) in [5.41, 5.74) is 0.949. The predicted octanol–water partition coefficient (Wildman–Crippen LogP) is 2.64. The van der Waals surface area contributed by atoms with Gasteiger partial charge in [-0.25, -0.2) is 9.59 Å². The molecule has 2 rings (SSSR count). The van der Waals surface area contributed by atoms with Gasteiger partial charge in [0.25, 0.3) is 0 Å². The van der Waals surface area contributed by atoms with E-state index in [-0.39, 0.29) is 0 Å². The van der Waals surface area contributed by atoms with Crippen LogP contribution in [0.5, 0.6) is 5.75 Å². The minimum Gasteiger partial charge on any atom is -0.495 e. The normalized spacial score (nSPS) is 11.3. The first-order chi connectivity index (χ1) is 10.6. The number of anilines is 1. The molecule has 0 saturated heterocycles. The van der Waals surface area contributed by atoms with E-state index in [9.17, 15) is 14.7 Å². The maximum absolute atomic E-state index is 12.0. The lowest BCUT2D eigenvalue weighted by Gasteiger charge is -2.16. The molecule has 22 heavy (non-hydrogen) atoms. The van der Waals surface area contributed by atoms with Crippen LogP contribution in [-0.4, -0.2) is 24.2 Å². The number of carboxylic acid groups (broad SMARTS) is 1. The van der Waals surface area contributed by atoms with Crippen molar-refractivity contribution in [1.29, 1.82) is 0 Å². The molecule has 2 amide bonds. The van der Waals surface area contributed by atoms with Gasteiger partial charge >= 0.3 is 12.0 Å². The standard InChI is InChI=1S/C16H16N2O4/c1-22-13-10-6-5-9-12(13)17-16(21)18-14(15(19)20)11-7-3-2-4-8-11/h2-10,14H,1H3,(H,19,20)(H2,17,18,21). The number of hydrogen-bond acceptors (Lipinski definition) is 3. The van der Waals surface area contributed by atoms with Crippen molar-refractivity contribution < 1.29 is 19.4 Å². The van der Waals surface area contributed by atoms with E-state index in [1.807, 2.05) is 0 Å². The Morgan fingerprint density at radius 1 is 1.05 bits per heavy atom. The fourth-order valence-corrected chi connectivity index (χ4v) is 1.97. The van der Waals surface area contributed by atoms with Crippen LogP contribution in [0.1, 0.15) is 11.6 Å². The zero-order valence-corrected chi connectivity index (χ0v) is 11.9. The molecule has 0 bridgehead atoms. The van der Waals surface area contributed by atoms with E-state index in [2.05, 4.69) is 10.6 Å². The number of benzene rings is 2. The van der Waals surface area contributed by atoms with Crippen LogP contribution in [0.25, 0.3) is 0 Å². The van der Waals surface area contributed by atoms with Crippen molar-refractivity contribution in [3.8, 4) is 5.75 Å². The van der Waals surface area contributed by atoms with Crippen LogP contribution in [0.4, 0.5) is 10.5 Å². The molecule has 0 radical (unpaired) electrons. The van der Waals surface area contributed by atoms with Crippen molar-refractivity contribution in [3.05, 3.63) is 60.2 Å². The van der Waals surface area contributed by atoms with Crippen LogP contribution in [0.2, 0.25) is 0 Å². The van der Waals surface area contributed by atoms with E-state index in [0.29, 0.717) is 17.0 Å². The second kappa shape index (κ2) is 7.12. The monoisotopic (exact) mass is 300 g/mol. The first kappa shape index (κ1) is 15.4. The number of carbonyl (C=O) groups excluding carboxylic acids is 1. The van der Waals surface area contributed by atoms with Crippen molar-refractivity contribution >= 4 is 17.7 Å². The first-order valence-electron chi connectivity index (χ1n) is 6.60. The van der Waals surface area contributed by atoms with Crippen molar-refractivity contribution in [2.45, 2.75) is 6.04 Å². The van der Waals surface area contributed by atoms with E-state index in [1.54, 1.807) is 54.6 Å². The Balaban J connectivity index is 2.11. The number of para-hydroxylation sites is 2. The van der Waals surface area contributed by atoms with E-state index in [0.717, 1.165) is 0 Å². The third kappa shape index (κ3) is 3.76. The summed E-state index contributed by atoms with van der Waals surface area (Å²) in [7, 11) is 1.49. The molecule has 1 unspecified atom stereocenters. The average molecular weight is 300 g/mol. The molecule has 6 nitrogen and oxygen atoms in total. The number of amides is 2. The van der Waals surface area contributed by atoms with Gasteiger partial charge in [0.1, 0.15) is 5.75 Å². The molecule has 0 saturated carbocycles. The van der Waals surface area contributed by atoms with E-state index in [1.165, 1.54) is 7.11 Å². The molecule has 2 aromatic carbocycles. The molecule has 2 aromatic rings. The first-order valence-corrected chi connectivity index (χ1v) is 6.60. The topological polar surface area (TPSA) is 87.7 Å². The molecular weight excluding hydrogens is 284 g/mol. The summed E-state index contributed by atoms with van der Waals surface area (Å²) in [5.74, 6) is -0.648.